The fourth-order valence-electron chi connectivity index (χ4n) is 2.60. The molecule has 0 atom stereocenters. The van der Waals surface area contributed by atoms with Gasteiger partial charge in [-0.2, -0.15) is 0 Å². The third-order valence-corrected chi connectivity index (χ3v) is 3.67. The second-order valence-corrected chi connectivity index (χ2v) is 5.94. The monoisotopic (exact) mass is 302 g/mol. The van der Waals surface area contributed by atoms with Gasteiger partial charge in [0.15, 0.2) is 5.82 Å². The molecule has 3 aromatic rings. The number of rotatable bonds is 3. The molecule has 0 saturated carbocycles. The molecular weight excluding hydrogens is 284 g/mol. The average molecular weight is 302 g/mol. The van der Waals surface area contributed by atoms with Crippen LogP contribution in [0.1, 0.15) is 25.0 Å². The highest BCUT2D eigenvalue weighted by molar-refractivity contribution is 5.87. The van der Waals surface area contributed by atoms with Gasteiger partial charge in [-0.05, 0) is 36.1 Å². The van der Waals surface area contributed by atoms with E-state index < -0.39 is 0 Å². The molecule has 0 saturated heterocycles. The number of aromatic nitrogens is 3. The molecule has 0 aliphatic heterocycles. The molecule has 0 bridgehead atoms. The molecule has 0 aliphatic rings. The molecule has 0 radical (unpaired) electrons. The van der Waals surface area contributed by atoms with Crippen molar-refractivity contribution in [3.63, 3.8) is 0 Å². The average Bonchev–Trinajstić information content (AvgIpc) is 2.55. The van der Waals surface area contributed by atoms with Gasteiger partial charge in [-0.1, -0.05) is 25.8 Å². The number of nitrogens with two attached hydrogens (primary N) is 1. The molecule has 114 valence electrons. The Labute approximate surface area is 135 Å². The number of terminal acetylenes is 1. The SMILES string of the molecule is C#Cc1ccc(CC(C)C)c(-c2ncc3ccnc(N)c3n2)c1. The number of nitrogen functional groups attached to an aromatic ring is 1. The van der Waals surface area contributed by atoms with Gasteiger partial charge < -0.3 is 5.73 Å². The summed E-state index contributed by atoms with van der Waals surface area (Å²) in [5.41, 5.74) is 9.56. The maximum absolute atomic E-state index is 5.94. The summed E-state index contributed by atoms with van der Waals surface area (Å²) in [5, 5.41) is 0.875. The van der Waals surface area contributed by atoms with E-state index in [1.807, 2.05) is 18.2 Å². The van der Waals surface area contributed by atoms with Crippen LogP contribution in [-0.2, 0) is 6.42 Å². The van der Waals surface area contributed by atoms with Crippen molar-refractivity contribution in [1.82, 2.24) is 15.0 Å². The minimum Gasteiger partial charge on any atom is -0.382 e. The summed E-state index contributed by atoms with van der Waals surface area (Å²) >= 11 is 0. The Morgan fingerprint density at radius 3 is 2.78 bits per heavy atom. The number of anilines is 1. The first-order valence-electron chi connectivity index (χ1n) is 7.55. The van der Waals surface area contributed by atoms with Gasteiger partial charge in [0.25, 0.3) is 0 Å². The van der Waals surface area contributed by atoms with Crippen LogP contribution >= 0.6 is 0 Å². The molecule has 0 aliphatic carbocycles. The van der Waals surface area contributed by atoms with Crippen molar-refractivity contribution in [3.8, 4) is 23.7 Å². The second kappa shape index (κ2) is 6.05. The van der Waals surface area contributed by atoms with Crippen molar-refractivity contribution in [2.75, 3.05) is 5.73 Å². The molecule has 2 heterocycles. The number of hydrogen-bond donors (Lipinski definition) is 1. The predicted molar refractivity (Wildman–Crippen MR) is 93.7 cm³/mol. The summed E-state index contributed by atoms with van der Waals surface area (Å²) in [6, 6.07) is 7.83. The molecular formula is C19H18N4. The van der Waals surface area contributed by atoms with Gasteiger partial charge in [-0.3, -0.25) is 0 Å². The Kier molecular flexibility index (Phi) is 3.94. The van der Waals surface area contributed by atoms with Crippen LogP contribution in [0.15, 0.2) is 36.7 Å². The lowest BCUT2D eigenvalue weighted by Crippen LogP contribution is -2.01. The largest absolute Gasteiger partial charge is 0.382 e. The van der Waals surface area contributed by atoms with Gasteiger partial charge in [0.05, 0.1) is 0 Å². The number of nitrogens with zero attached hydrogens (tertiary/aromatic N) is 3. The highest BCUT2D eigenvalue weighted by Crippen LogP contribution is 2.26. The summed E-state index contributed by atoms with van der Waals surface area (Å²) < 4.78 is 0. The first kappa shape index (κ1) is 15.0. The number of benzene rings is 1. The zero-order valence-electron chi connectivity index (χ0n) is 13.2. The first-order chi connectivity index (χ1) is 11.1. The molecule has 3 rings (SSSR count). The molecule has 23 heavy (non-hydrogen) atoms. The zero-order valence-corrected chi connectivity index (χ0v) is 13.2. The van der Waals surface area contributed by atoms with E-state index in [1.165, 1.54) is 5.56 Å². The molecule has 0 fully saturated rings. The smallest absolute Gasteiger partial charge is 0.160 e. The molecule has 2 aromatic heterocycles. The van der Waals surface area contributed by atoms with Gasteiger partial charge >= 0.3 is 0 Å². The molecule has 1 aromatic carbocycles. The molecule has 0 spiro atoms. The van der Waals surface area contributed by atoms with Gasteiger partial charge in [0, 0.05) is 28.9 Å². The lowest BCUT2D eigenvalue weighted by atomic mass is 9.95. The third-order valence-electron chi connectivity index (χ3n) is 3.67. The fraction of sp³-hybridized carbons (Fsp3) is 0.211. The second-order valence-electron chi connectivity index (χ2n) is 5.94. The maximum atomic E-state index is 5.94. The Balaban J connectivity index is 2.20. The van der Waals surface area contributed by atoms with Crippen molar-refractivity contribution in [3.05, 3.63) is 47.8 Å². The van der Waals surface area contributed by atoms with Crippen molar-refractivity contribution in [1.29, 1.82) is 0 Å². The summed E-state index contributed by atoms with van der Waals surface area (Å²) in [5.74, 6) is 4.24. The van der Waals surface area contributed by atoms with E-state index in [0.29, 0.717) is 23.1 Å². The normalized spacial score (nSPS) is 10.9. The zero-order chi connectivity index (χ0) is 16.4. The van der Waals surface area contributed by atoms with E-state index in [1.54, 1.807) is 12.4 Å². The van der Waals surface area contributed by atoms with Crippen molar-refractivity contribution in [2.24, 2.45) is 5.92 Å². The van der Waals surface area contributed by atoms with Crippen LogP contribution in [0.2, 0.25) is 0 Å². The van der Waals surface area contributed by atoms with E-state index in [-0.39, 0.29) is 0 Å². The Hall–Kier alpha value is -2.93. The molecule has 2 N–H and O–H groups in total. The van der Waals surface area contributed by atoms with Gasteiger partial charge in [0.2, 0.25) is 0 Å². The minimum absolute atomic E-state index is 0.407. The Bertz CT molecular complexity index is 907. The van der Waals surface area contributed by atoms with Crippen LogP contribution in [0.25, 0.3) is 22.3 Å². The highest BCUT2D eigenvalue weighted by atomic mass is 14.9. The Morgan fingerprint density at radius 2 is 2.04 bits per heavy atom. The molecule has 4 heteroatoms. The topological polar surface area (TPSA) is 64.7 Å². The van der Waals surface area contributed by atoms with Crippen LogP contribution in [0.3, 0.4) is 0 Å². The number of pyridine rings is 1. The number of fused-ring (bicyclic) bond motifs is 1. The van der Waals surface area contributed by atoms with Crippen molar-refractivity contribution < 1.29 is 0 Å². The van der Waals surface area contributed by atoms with E-state index in [2.05, 4.69) is 40.8 Å². The predicted octanol–water partition coefficient (Wildman–Crippen LogP) is 3.45. The Morgan fingerprint density at radius 1 is 1.22 bits per heavy atom. The minimum atomic E-state index is 0.407. The van der Waals surface area contributed by atoms with Crippen LogP contribution in [-0.4, -0.2) is 15.0 Å². The maximum Gasteiger partial charge on any atom is 0.160 e. The van der Waals surface area contributed by atoms with E-state index in [0.717, 1.165) is 22.9 Å². The molecule has 0 amide bonds. The summed E-state index contributed by atoms with van der Waals surface area (Å²) in [6.45, 7) is 4.37. The third kappa shape index (κ3) is 3.00. The van der Waals surface area contributed by atoms with Crippen LogP contribution in [0.4, 0.5) is 5.82 Å². The lowest BCUT2D eigenvalue weighted by molar-refractivity contribution is 0.648. The summed E-state index contributed by atoms with van der Waals surface area (Å²) in [4.78, 5) is 13.2. The van der Waals surface area contributed by atoms with E-state index in [4.69, 9.17) is 12.2 Å². The van der Waals surface area contributed by atoms with E-state index in [9.17, 15) is 0 Å². The van der Waals surface area contributed by atoms with Crippen LogP contribution < -0.4 is 5.73 Å². The van der Waals surface area contributed by atoms with Gasteiger partial charge in [-0.15, -0.1) is 6.42 Å². The highest BCUT2D eigenvalue weighted by Gasteiger charge is 2.12. The van der Waals surface area contributed by atoms with Gasteiger partial charge in [0.1, 0.15) is 11.3 Å². The first-order valence-corrected chi connectivity index (χ1v) is 7.55. The van der Waals surface area contributed by atoms with E-state index >= 15 is 0 Å². The van der Waals surface area contributed by atoms with Crippen LogP contribution in [0, 0.1) is 18.3 Å². The fourth-order valence-corrected chi connectivity index (χ4v) is 2.60. The number of hydrogen-bond acceptors (Lipinski definition) is 4. The quantitative estimate of drug-likeness (QED) is 0.753. The molecule has 4 nitrogen and oxygen atoms in total. The van der Waals surface area contributed by atoms with Crippen molar-refractivity contribution in [2.45, 2.75) is 20.3 Å². The summed E-state index contributed by atoms with van der Waals surface area (Å²) in [7, 11) is 0. The van der Waals surface area contributed by atoms with Gasteiger partial charge in [-0.25, -0.2) is 15.0 Å². The van der Waals surface area contributed by atoms with Crippen LogP contribution in [0.5, 0.6) is 0 Å². The van der Waals surface area contributed by atoms with Crippen molar-refractivity contribution >= 4 is 16.7 Å². The lowest BCUT2D eigenvalue weighted by Gasteiger charge is -2.12. The standard InChI is InChI=1S/C19H18N4/c1-4-13-5-6-14(9-12(2)3)16(10-13)19-22-11-15-7-8-21-18(20)17(15)23-19/h1,5-8,10-12H,9H2,2-3H3,(H2,20,21). The molecule has 0 unspecified atom stereocenters. The summed E-state index contributed by atoms with van der Waals surface area (Å²) in [6.07, 6.45) is 9.91.